The van der Waals surface area contributed by atoms with Crippen LogP contribution in [0.4, 0.5) is 5.69 Å². The molecule has 0 aliphatic heterocycles. The van der Waals surface area contributed by atoms with Crippen LogP contribution in [0.1, 0.15) is 11.1 Å². The van der Waals surface area contributed by atoms with E-state index in [2.05, 4.69) is 5.32 Å². The summed E-state index contributed by atoms with van der Waals surface area (Å²) in [5.74, 6) is -0.552. The number of phenols is 1. The number of halogens is 1. The highest BCUT2D eigenvalue weighted by Gasteiger charge is 2.40. The fourth-order valence-electron chi connectivity index (χ4n) is 2.57. The minimum atomic E-state index is -1.91. The number of nitrogens with one attached hydrogen (secondary N) is 1. The smallest absolute Gasteiger partial charge is 0.265 e. The van der Waals surface area contributed by atoms with Crippen molar-refractivity contribution in [3.8, 4) is 5.75 Å². The normalized spacial score (nSPS) is 13.0. The van der Waals surface area contributed by atoms with E-state index in [1.54, 1.807) is 54.6 Å². The number of anilines is 1. The zero-order chi connectivity index (χ0) is 17.9. The first-order chi connectivity index (χ1) is 12.0. The Balaban J connectivity index is 2.03. The Labute approximate surface area is 150 Å². The van der Waals surface area contributed by atoms with Gasteiger partial charge in [-0.2, -0.15) is 0 Å². The minimum Gasteiger partial charge on any atom is -0.508 e. The zero-order valence-electron chi connectivity index (χ0n) is 13.2. The van der Waals surface area contributed by atoms with E-state index in [0.717, 1.165) is 0 Å². The highest BCUT2D eigenvalue weighted by Crippen LogP contribution is 2.32. The first-order valence-corrected chi connectivity index (χ1v) is 8.02. The molecule has 3 aromatic carbocycles. The molecule has 4 nitrogen and oxygen atoms in total. The summed E-state index contributed by atoms with van der Waals surface area (Å²) < 4.78 is 0. The van der Waals surface area contributed by atoms with Crippen LogP contribution in [0.2, 0.25) is 5.02 Å². The predicted octanol–water partition coefficient (Wildman–Crippen LogP) is 3.92. The molecule has 0 aliphatic rings. The summed E-state index contributed by atoms with van der Waals surface area (Å²) >= 11 is 5.86. The summed E-state index contributed by atoms with van der Waals surface area (Å²) in [7, 11) is 0. The van der Waals surface area contributed by atoms with E-state index in [1.165, 1.54) is 24.3 Å². The number of rotatable bonds is 4. The van der Waals surface area contributed by atoms with Crippen LogP contribution in [0.25, 0.3) is 0 Å². The van der Waals surface area contributed by atoms with Gasteiger partial charge in [0.05, 0.1) is 0 Å². The van der Waals surface area contributed by atoms with Crippen molar-refractivity contribution in [1.29, 1.82) is 0 Å². The molecule has 0 aromatic heterocycles. The molecule has 3 aromatic rings. The van der Waals surface area contributed by atoms with E-state index in [-0.39, 0.29) is 5.75 Å². The van der Waals surface area contributed by atoms with Gasteiger partial charge in [0.2, 0.25) is 0 Å². The van der Waals surface area contributed by atoms with Crippen molar-refractivity contribution in [2.45, 2.75) is 5.60 Å². The molecule has 0 saturated carbocycles. The molecule has 0 saturated heterocycles. The molecule has 0 fully saturated rings. The fourth-order valence-corrected chi connectivity index (χ4v) is 2.69. The molecule has 1 atom stereocenters. The summed E-state index contributed by atoms with van der Waals surface area (Å²) in [5, 5.41) is 24.1. The molecular formula is C20H16ClNO3. The second kappa shape index (κ2) is 6.97. The summed E-state index contributed by atoms with van der Waals surface area (Å²) in [5.41, 5.74) is -0.619. The maximum Gasteiger partial charge on any atom is 0.265 e. The molecule has 25 heavy (non-hydrogen) atoms. The third-order valence-corrected chi connectivity index (χ3v) is 4.16. The van der Waals surface area contributed by atoms with E-state index in [0.29, 0.717) is 21.8 Å². The molecule has 5 heteroatoms. The number of aliphatic hydroxyl groups is 1. The Bertz CT molecular complexity index is 864. The molecule has 0 radical (unpaired) electrons. The number of hydrogen-bond acceptors (Lipinski definition) is 3. The zero-order valence-corrected chi connectivity index (χ0v) is 13.9. The minimum absolute atomic E-state index is 0.0530. The van der Waals surface area contributed by atoms with Gasteiger partial charge in [0, 0.05) is 10.7 Å². The highest BCUT2D eigenvalue weighted by atomic mass is 35.5. The van der Waals surface area contributed by atoms with Crippen LogP contribution >= 0.6 is 11.6 Å². The van der Waals surface area contributed by atoms with E-state index < -0.39 is 11.5 Å². The van der Waals surface area contributed by atoms with E-state index >= 15 is 0 Å². The summed E-state index contributed by atoms with van der Waals surface area (Å²) in [6, 6.07) is 21.2. The van der Waals surface area contributed by atoms with Gasteiger partial charge in [-0.25, -0.2) is 0 Å². The average molecular weight is 354 g/mol. The van der Waals surface area contributed by atoms with E-state index in [1.807, 2.05) is 0 Å². The topological polar surface area (TPSA) is 69.6 Å². The average Bonchev–Trinajstić information content (AvgIpc) is 2.64. The van der Waals surface area contributed by atoms with Gasteiger partial charge >= 0.3 is 0 Å². The quantitative estimate of drug-likeness (QED) is 0.665. The summed E-state index contributed by atoms with van der Waals surface area (Å²) in [6.07, 6.45) is 0. The maximum absolute atomic E-state index is 12.9. The van der Waals surface area contributed by atoms with Gasteiger partial charge < -0.3 is 15.5 Å². The number of benzene rings is 3. The second-order valence-electron chi connectivity index (χ2n) is 5.58. The molecule has 0 spiro atoms. The van der Waals surface area contributed by atoms with Gasteiger partial charge in [-0.05, 0) is 47.5 Å². The number of aromatic hydroxyl groups is 1. The lowest BCUT2D eigenvalue weighted by Gasteiger charge is -2.28. The lowest BCUT2D eigenvalue weighted by atomic mass is 9.85. The number of phenolic OH excluding ortho intramolecular Hbond substituents is 1. The van der Waals surface area contributed by atoms with Crippen LogP contribution < -0.4 is 5.32 Å². The standard InChI is InChI=1S/C20H16ClNO3/c21-16-8-10-17(11-9-16)22-19(24)20(25,14-4-2-1-3-5-14)15-6-12-18(23)13-7-15/h1-13,23,25H,(H,22,24). The Kier molecular flexibility index (Phi) is 4.74. The van der Waals surface area contributed by atoms with Crippen LogP contribution in [0.5, 0.6) is 5.75 Å². The molecule has 3 N–H and O–H groups in total. The van der Waals surface area contributed by atoms with Crippen molar-refractivity contribution in [2.75, 3.05) is 5.32 Å². The molecule has 3 rings (SSSR count). The lowest BCUT2D eigenvalue weighted by Crippen LogP contribution is -2.41. The van der Waals surface area contributed by atoms with Gasteiger partial charge in [-0.15, -0.1) is 0 Å². The van der Waals surface area contributed by atoms with Gasteiger partial charge in [0.25, 0.3) is 5.91 Å². The van der Waals surface area contributed by atoms with Crippen molar-refractivity contribution in [1.82, 2.24) is 0 Å². The largest absolute Gasteiger partial charge is 0.508 e. The lowest BCUT2D eigenvalue weighted by molar-refractivity contribution is -0.131. The first-order valence-electron chi connectivity index (χ1n) is 7.64. The Morgan fingerprint density at radius 3 is 2.00 bits per heavy atom. The van der Waals surface area contributed by atoms with Crippen molar-refractivity contribution < 1.29 is 15.0 Å². The third kappa shape index (κ3) is 3.50. The van der Waals surface area contributed by atoms with Gasteiger partial charge in [0.1, 0.15) is 5.75 Å². The Morgan fingerprint density at radius 2 is 1.40 bits per heavy atom. The van der Waals surface area contributed by atoms with Crippen LogP contribution in [0.15, 0.2) is 78.9 Å². The maximum atomic E-state index is 12.9. The highest BCUT2D eigenvalue weighted by molar-refractivity contribution is 6.30. The third-order valence-electron chi connectivity index (χ3n) is 3.91. The van der Waals surface area contributed by atoms with Crippen molar-refractivity contribution >= 4 is 23.2 Å². The number of amides is 1. The van der Waals surface area contributed by atoms with Crippen LogP contribution in [-0.2, 0) is 10.4 Å². The molecule has 0 aliphatic carbocycles. The molecular weight excluding hydrogens is 338 g/mol. The second-order valence-corrected chi connectivity index (χ2v) is 6.02. The van der Waals surface area contributed by atoms with Crippen LogP contribution in [-0.4, -0.2) is 16.1 Å². The SMILES string of the molecule is O=C(Nc1ccc(Cl)cc1)C(O)(c1ccccc1)c1ccc(O)cc1. The number of carbonyl (C=O) groups is 1. The molecule has 0 bridgehead atoms. The number of hydrogen-bond donors (Lipinski definition) is 3. The van der Waals surface area contributed by atoms with Crippen LogP contribution in [0, 0.1) is 0 Å². The van der Waals surface area contributed by atoms with E-state index in [4.69, 9.17) is 11.6 Å². The monoisotopic (exact) mass is 353 g/mol. The molecule has 126 valence electrons. The Hall–Kier alpha value is -2.82. The van der Waals surface area contributed by atoms with Crippen LogP contribution in [0.3, 0.4) is 0 Å². The fraction of sp³-hybridized carbons (Fsp3) is 0.0500. The van der Waals surface area contributed by atoms with Crippen molar-refractivity contribution in [3.05, 3.63) is 95.0 Å². The van der Waals surface area contributed by atoms with Gasteiger partial charge in [-0.3, -0.25) is 4.79 Å². The van der Waals surface area contributed by atoms with E-state index in [9.17, 15) is 15.0 Å². The summed E-state index contributed by atoms with van der Waals surface area (Å²) in [4.78, 5) is 12.9. The molecule has 1 amide bonds. The molecule has 1 unspecified atom stereocenters. The summed E-state index contributed by atoms with van der Waals surface area (Å²) in [6.45, 7) is 0. The predicted molar refractivity (Wildman–Crippen MR) is 97.6 cm³/mol. The van der Waals surface area contributed by atoms with Crippen molar-refractivity contribution in [3.63, 3.8) is 0 Å². The molecule has 0 heterocycles. The van der Waals surface area contributed by atoms with Gasteiger partial charge in [-0.1, -0.05) is 54.1 Å². The van der Waals surface area contributed by atoms with Gasteiger partial charge in [0.15, 0.2) is 5.60 Å². The van der Waals surface area contributed by atoms with Crippen molar-refractivity contribution in [2.24, 2.45) is 0 Å². The Morgan fingerprint density at radius 1 is 0.840 bits per heavy atom. The first kappa shape index (κ1) is 17.0. The number of carbonyl (C=O) groups excluding carboxylic acids is 1.